The zero-order valence-corrected chi connectivity index (χ0v) is 18.8. The van der Waals surface area contributed by atoms with Crippen LogP contribution in [0.15, 0.2) is 66.7 Å². The van der Waals surface area contributed by atoms with Crippen LogP contribution in [0.3, 0.4) is 0 Å². The highest BCUT2D eigenvalue weighted by molar-refractivity contribution is 5.98. The molecule has 0 spiro atoms. The van der Waals surface area contributed by atoms with Gasteiger partial charge in [-0.15, -0.1) is 0 Å². The summed E-state index contributed by atoms with van der Waals surface area (Å²) in [5.41, 5.74) is 3.39. The number of nitrogens with zero attached hydrogens (tertiary/aromatic N) is 2. The number of hydrogen-bond donors (Lipinski definition) is 2. The molecule has 3 aromatic carbocycles. The quantitative estimate of drug-likeness (QED) is 0.526. The van der Waals surface area contributed by atoms with Crippen molar-refractivity contribution in [2.75, 3.05) is 22.1 Å². The molecule has 1 heterocycles. The van der Waals surface area contributed by atoms with Gasteiger partial charge in [0.1, 0.15) is 11.9 Å². The van der Waals surface area contributed by atoms with Gasteiger partial charge in [-0.05, 0) is 67.8 Å². The number of anilines is 3. The van der Waals surface area contributed by atoms with Crippen molar-refractivity contribution in [3.05, 3.63) is 89.2 Å². The molecule has 3 aromatic rings. The maximum absolute atomic E-state index is 14.6. The molecule has 34 heavy (non-hydrogen) atoms. The highest BCUT2D eigenvalue weighted by Crippen LogP contribution is 2.29. The van der Waals surface area contributed by atoms with Gasteiger partial charge in [0.15, 0.2) is 0 Å². The molecule has 0 radical (unpaired) electrons. The molecule has 2 amide bonds. The fourth-order valence-electron chi connectivity index (χ4n) is 4.15. The molecule has 7 heteroatoms. The van der Waals surface area contributed by atoms with E-state index in [9.17, 15) is 19.2 Å². The first kappa shape index (κ1) is 23.0. The molecule has 172 valence electrons. The van der Waals surface area contributed by atoms with E-state index in [1.807, 2.05) is 19.1 Å². The number of carbonyl (C=O) groups is 2. The van der Waals surface area contributed by atoms with Crippen molar-refractivity contribution < 1.29 is 14.0 Å². The molecule has 2 N–H and O–H groups in total. The summed E-state index contributed by atoms with van der Waals surface area (Å²) in [6.45, 7) is 2.58. The Kier molecular flexibility index (Phi) is 6.88. The number of halogens is 1. The van der Waals surface area contributed by atoms with Crippen LogP contribution in [0.1, 0.15) is 42.0 Å². The van der Waals surface area contributed by atoms with Crippen LogP contribution in [-0.4, -0.2) is 18.4 Å². The molecule has 0 aliphatic carbocycles. The third-order valence-corrected chi connectivity index (χ3v) is 5.86. The Bertz CT molecular complexity index is 1270. The lowest BCUT2D eigenvalue weighted by Gasteiger charge is -2.28. The lowest BCUT2D eigenvalue weighted by atomic mass is 10.0. The minimum absolute atomic E-state index is 0.106. The number of nitrogens with one attached hydrogen (secondary N) is 2. The first-order valence-electron chi connectivity index (χ1n) is 11.2. The Morgan fingerprint density at radius 3 is 2.62 bits per heavy atom. The molecule has 1 saturated heterocycles. The van der Waals surface area contributed by atoms with Gasteiger partial charge in [0.05, 0.1) is 11.6 Å². The Hall–Kier alpha value is -4.18. The maximum Gasteiger partial charge on any atom is 0.251 e. The number of nitriles is 1. The number of carbonyl (C=O) groups excluding carboxylic acids is 2. The standard InChI is InChI=1S/C27H25FN4O2/c1-18-15-21(12-13-24(18)32-14-5-4-11-25(32)33)31-27(34)26(22-9-2-3-10-23(22)28)30-20-8-6-7-19(16-20)17-29/h2-3,6-10,12-13,15-16,26,30H,4-5,11,14H2,1H3,(H,31,34). The summed E-state index contributed by atoms with van der Waals surface area (Å²) in [6.07, 6.45) is 2.41. The number of piperidine rings is 1. The van der Waals surface area contributed by atoms with Gasteiger partial charge in [-0.1, -0.05) is 24.3 Å². The van der Waals surface area contributed by atoms with Crippen LogP contribution in [0.4, 0.5) is 21.5 Å². The second kappa shape index (κ2) is 10.2. The number of aryl methyl sites for hydroxylation is 1. The van der Waals surface area contributed by atoms with Crippen LogP contribution in [0.25, 0.3) is 0 Å². The van der Waals surface area contributed by atoms with E-state index in [1.54, 1.807) is 53.4 Å². The topological polar surface area (TPSA) is 85.2 Å². The summed E-state index contributed by atoms with van der Waals surface area (Å²) < 4.78 is 14.6. The molecule has 1 unspecified atom stereocenters. The zero-order chi connectivity index (χ0) is 24.1. The molecular weight excluding hydrogens is 431 g/mol. The number of amides is 2. The normalized spacial score (nSPS) is 14.3. The summed E-state index contributed by atoms with van der Waals surface area (Å²) >= 11 is 0. The fraction of sp³-hybridized carbons (Fsp3) is 0.222. The van der Waals surface area contributed by atoms with E-state index in [-0.39, 0.29) is 11.5 Å². The minimum atomic E-state index is -1.03. The third kappa shape index (κ3) is 5.07. The van der Waals surface area contributed by atoms with E-state index in [2.05, 4.69) is 16.7 Å². The van der Waals surface area contributed by atoms with E-state index in [4.69, 9.17) is 0 Å². The molecule has 0 bridgehead atoms. The molecule has 1 aliphatic heterocycles. The molecule has 4 rings (SSSR count). The lowest BCUT2D eigenvalue weighted by molar-refractivity contribution is -0.119. The van der Waals surface area contributed by atoms with Crippen LogP contribution in [0, 0.1) is 24.1 Å². The van der Waals surface area contributed by atoms with E-state index >= 15 is 0 Å². The van der Waals surface area contributed by atoms with E-state index in [0.717, 1.165) is 24.1 Å². The Morgan fingerprint density at radius 2 is 1.88 bits per heavy atom. The molecule has 1 atom stereocenters. The third-order valence-electron chi connectivity index (χ3n) is 5.86. The van der Waals surface area contributed by atoms with Gasteiger partial charge in [0.25, 0.3) is 5.91 Å². The van der Waals surface area contributed by atoms with E-state index < -0.39 is 17.8 Å². The first-order valence-corrected chi connectivity index (χ1v) is 11.2. The summed E-state index contributed by atoms with van der Waals surface area (Å²) in [4.78, 5) is 27.4. The predicted octanol–water partition coefficient (Wildman–Crippen LogP) is 5.31. The van der Waals surface area contributed by atoms with Crippen molar-refractivity contribution in [1.29, 1.82) is 5.26 Å². The lowest BCUT2D eigenvalue weighted by Crippen LogP contribution is -2.35. The molecule has 1 aliphatic rings. The second-order valence-corrected chi connectivity index (χ2v) is 8.28. The average molecular weight is 457 g/mol. The maximum atomic E-state index is 14.6. The van der Waals surface area contributed by atoms with Crippen LogP contribution in [0.2, 0.25) is 0 Å². The fourth-order valence-corrected chi connectivity index (χ4v) is 4.15. The van der Waals surface area contributed by atoms with Crippen LogP contribution >= 0.6 is 0 Å². The molecule has 1 fully saturated rings. The zero-order valence-electron chi connectivity index (χ0n) is 18.8. The van der Waals surface area contributed by atoms with E-state index in [1.165, 1.54) is 6.07 Å². The Balaban J connectivity index is 1.59. The number of benzene rings is 3. The minimum Gasteiger partial charge on any atom is -0.370 e. The summed E-state index contributed by atoms with van der Waals surface area (Å²) in [5, 5.41) is 15.1. The van der Waals surface area contributed by atoms with Gasteiger partial charge >= 0.3 is 0 Å². The summed E-state index contributed by atoms with van der Waals surface area (Å²) in [7, 11) is 0. The summed E-state index contributed by atoms with van der Waals surface area (Å²) in [6, 6.07) is 19.2. The van der Waals surface area contributed by atoms with E-state index in [0.29, 0.717) is 29.9 Å². The van der Waals surface area contributed by atoms with Crippen molar-refractivity contribution >= 4 is 28.9 Å². The predicted molar refractivity (Wildman–Crippen MR) is 130 cm³/mol. The Labute approximate surface area is 198 Å². The second-order valence-electron chi connectivity index (χ2n) is 8.28. The molecule has 0 aromatic heterocycles. The van der Waals surface area contributed by atoms with Crippen LogP contribution in [0.5, 0.6) is 0 Å². The van der Waals surface area contributed by atoms with Crippen molar-refractivity contribution in [2.24, 2.45) is 0 Å². The van der Waals surface area contributed by atoms with Gasteiger partial charge < -0.3 is 15.5 Å². The van der Waals surface area contributed by atoms with Crippen LogP contribution in [-0.2, 0) is 9.59 Å². The molecule has 0 saturated carbocycles. The largest absolute Gasteiger partial charge is 0.370 e. The van der Waals surface area contributed by atoms with Gasteiger partial charge in [-0.2, -0.15) is 5.26 Å². The highest BCUT2D eigenvalue weighted by Gasteiger charge is 2.25. The van der Waals surface area contributed by atoms with Crippen molar-refractivity contribution in [3.63, 3.8) is 0 Å². The summed E-state index contributed by atoms with van der Waals surface area (Å²) in [5.74, 6) is -0.857. The van der Waals surface area contributed by atoms with Gasteiger partial charge in [0, 0.05) is 35.6 Å². The van der Waals surface area contributed by atoms with Gasteiger partial charge in [-0.3, -0.25) is 9.59 Å². The SMILES string of the molecule is Cc1cc(NC(=O)C(Nc2cccc(C#N)c2)c2ccccc2F)ccc1N1CCCCC1=O. The van der Waals surface area contributed by atoms with Crippen molar-refractivity contribution in [1.82, 2.24) is 0 Å². The molecule has 6 nitrogen and oxygen atoms in total. The van der Waals surface area contributed by atoms with Crippen molar-refractivity contribution in [2.45, 2.75) is 32.2 Å². The van der Waals surface area contributed by atoms with Gasteiger partial charge in [-0.25, -0.2) is 4.39 Å². The van der Waals surface area contributed by atoms with Gasteiger partial charge in [0.2, 0.25) is 5.91 Å². The average Bonchev–Trinajstić information content (AvgIpc) is 2.84. The van der Waals surface area contributed by atoms with Crippen LogP contribution < -0.4 is 15.5 Å². The Morgan fingerprint density at radius 1 is 1.06 bits per heavy atom. The number of hydrogen-bond acceptors (Lipinski definition) is 4. The smallest absolute Gasteiger partial charge is 0.251 e. The first-order chi connectivity index (χ1) is 16.5. The monoisotopic (exact) mass is 456 g/mol. The molecular formula is C27H25FN4O2. The number of rotatable bonds is 6. The van der Waals surface area contributed by atoms with Crippen molar-refractivity contribution in [3.8, 4) is 6.07 Å². The highest BCUT2D eigenvalue weighted by atomic mass is 19.1.